The highest BCUT2D eigenvalue weighted by Gasteiger charge is 2.24. The van der Waals surface area contributed by atoms with E-state index in [9.17, 15) is 28.8 Å². The van der Waals surface area contributed by atoms with Crippen LogP contribution in [0.2, 0.25) is 0 Å². The molecule has 14 heteroatoms. The molecule has 50 heavy (non-hydrogen) atoms. The Morgan fingerprint density at radius 1 is 0.580 bits per heavy atom. The number of hydrogen-bond acceptors (Lipinski definition) is 8. The fraction of sp³-hybridized carbons (Fsp3) is 0.500. The number of unbranched alkanes of at least 4 members (excludes halogenated alkanes) is 1. The number of nitrogens with zero attached hydrogens (tertiary/aromatic N) is 4. The number of amides is 2. The molecular weight excluding hydrogens is 644 g/mol. The minimum atomic E-state index is -0.732. The number of aromatic nitrogens is 4. The van der Waals surface area contributed by atoms with Crippen LogP contribution in [0, 0.1) is 0 Å². The van der Waals surface area contributed by atoms with Crippen LogP contribution < -0.4 is 22.5 Å². The fourth-order valence-electron chi connectivity index (χ4n) is 5.49. The van der Waals surface area contributed by atoms with Crippen LogP contribution in [0.1, 0.15) is 67.2 Å². The molecule has 4 aromatic rings. The van der Waals surface area contributed by atoms with Gasteiger partial charge in [0.2, 0.25) is 0 Å². The van der Waals surface area contributed by atoms with E-state index in [0.717, 1.165) is 9.13 Å². The van der Waals surface area contributed by atoms with Gasteiger partial charge in [0.25, 0.3) is 11.1 Å². The summed E-state index contributed by atoms with van der Waals surface area (Å²) in [5.74, 6) is 0. The summed E-state index contributed by atoms with van der Waals surface area (Å²) in [7, 11) is 0. The third-order valence-corrected chi connectivity index (χ3v) is 7.81. The highest BCUT2D eigenvalue weighted by atomic mass is 16.6. The third kappa shape index (κ3) is 10.2. The lowest BCUT2D eigenvalue weighted by atomic mass is 10.2. The van der Waals surface area contributed by atoms with Gasteiger partial charge in [-0.1, -0.05) is 24.3 Å². The van der Waals surface area contributed by atoms with Crippen molar-refractivity contribution in [1.29, 1.82) is 0 Å². The summed E-state index contributed by atoms with van der Waals surface area (Å²) in [5.41, 5.74) is -2.37. The Hall–Kier alpha value is -5.14. The standard InChI is InChI=1S/C36H48N6O8/c1-35(2,3)49-33(47)39(21-13-23-41-29(43)25-15-7-9-17-27(25)37-31(41)45)19-11-12-20-40(34(48)50-36(4,5)6)22-14-24-42-30(44)26-16-8-10-18-28(26)38-32(42)46/h7-10,15-18H,11-14,19-24H2,1-6H3,(H,37,45)(H,38,46). The van der Waals surface area contributed by atoms with Crippen LogP contribution in [-0.2, 0) is 22.6 Å². The van der Waals surface area contributed by atoms with E-state index in [0.29, 0.717) is 60.6 Å². The van der Waals surface area contributed by atoms with Crippen LogP contribution >= 0.6 is 0 Å². The minimum Gasteiger partial charge on any atom is -0.444 e. The number of aromatic amines is 2. The number of H-pyrrole nitrogens is 2. The van der Waals surface area contributed by atoms with Crippen molar-refractivity contribution < 1.29 is 19.1 Å². The molecule has 0 atom stereocenters. The highest BCUT2D eigenvalue weighted by molar-refractivity contribution is 5.77. The third-order valence-electron chi connectivity index (χ3n) is 7.81. The second-order valence-corrected chi connectivity index (χ2v) is 14.2. The van der Waals surface area contributed by atoms with Gasteiger partial charge < -0.3 is 29.2 Å². The zero-order valence-electron chi connectivity index (χ0n) is 29.7. The van der Waals surface area contributed by atoms with Crippen LogP contribution in [0.4, 0.5) is 9.59 Å². The number of nitrogens with one attached hydrogen (secondary N) is 2. The number of benzene rings is 2. The maximum Gasteiger partial charge on any atom is 0.410 e. The van der Waals surface area contributed by atoms with Gasteiger partial charge in [-0.05, 0) is 91.5 Å². The van der Waals surface area contributed by atoms with Gasteiger partial charge in [-0.15, -0.1) is 0 Å². The van der Waals surface area contributed by atoms with Crippen LogP contribution in [0.15, 0.2) is 67.7 Å². The highest BCUT2D eigenvalue weighted by Crippen LogP contribution is 2.14. The molecule has 0 fully saturated rings. The van der Waals surface area contributed by atoms with E-state index < -0.39 is 45.9 Å². The van der Waals surface area contributed by atoms with Crippen LogP contribution in [0.25, 0.3) is 21.8 Å². The zero-order chi connectivity index (χ0) is 36.6. The average Bonchev–Trinajstić information content (AvgIpc) is 3.02. The monoisotopic (exact) mass is 692 g/mol. The summed E-state index contributed by atoms with van der Waals surface area (Å²) in [6.07, 6.45) is 0.646. The molecule has 0 aliphatic heterocycles. The Bertz CT molecular complexity index is 1900. The fourth-order valence-corrected chi connectivity index (χ4v) is 5.49. The van der Waals surface area contributed by atoms with Crippen molar-refractivity contribution >= 4 is 34.0 Å². The predicted molar refractivity (Wildman–Crippen MR) is 192 cm³/mol. The van der Waals surface area contributed by atoms with Gasteiger partial charge in [0, 0.05) is 39.3 Å². The van der Waals surface area contributed by atoms with Crippen molar-refractivity contribution in [2.24, 2.45) is 0 Å². The summed E-state index contributed by atoms with van der Waals surface area (Å²) in [4.78, 5) is 86.0. The van der Waals surface area contributed by atoms with Crippen molar-refractivity contribution in [3.05, 3.63) is 90.2 Å². The van der Waals surface area contributed by atoms with Crippen LogP contribution in [-0.4, -0.2) is 78.5 Å². The quantitative estimate of drug-likeness (QED) is 0.194. The Balaban J connectivity index is 1.39. The molecule has 2 heterocycles. The van der Waals surface area contributed by atoms with Gasteiger partial charge in [0.05, 0.1) is 21.8 Å². The second-order valence-electron chi connectivity index (χ2n) is 14.2. The van der Waals surface area contributed by atoms with Gasteiger partial charge in [-0.2, -0.15) is 0 Å². The Kier molecular flexibility index (Phi) is 12.1. The summed E-state index contributed by atoms with van der Waals surface area (Å²) >= 11 is 0. The van der Waals surface area contributed by atoms with Crippen molar-refractivity contribution in [3.8, 4) is 0 Å². The summed E-state index contributed by atoms with van der Waals surface area (Å²) < 4.78 is 13.5. The van der Waals surface area contributed by atoms with E-state index in [4.69, 9.17) is 9.47 Å². The van der Waals surface area contributed by atoms with Crippen molar-refractivity contribution in [1.82, 2.24) is 28.9 Å². The number of ether oxygens (including phenoxy) is 2. The molecule has 0 saturated carbocycles. The molecule has 4 rings (SSSR count). The summed E-state index contributed by atoms with van der Waals surface area (Å²) in [6, 6.07) is 13.6. The van der Waals surface area contributed by atoms with Gasteiger partial charge in [0.15, 0.2) is 0 Å². The van der Waals surface area contributed by atoms with E-state index in [1.54, 1.807) is 99.9 Å². The van der Waals surface area contributed by atoms with Crippen LogP contribution in [0.5, 0.6) is 0 Å². The molecule has 2 aromatic carbocycles. The van der Waals surface area contributed by atoms with Gasteiger partial charge in [-0.25, -0.2) is 19.2 Å². The van der Waals surface area contributed by atoms with Crippen molar-refractivity contribution in [2.45, 2.75) is 91.5 Å². The minimum absolute atomic E-state index is 0.105. The molecule has 2 N–H and O–H groups in total. The molecule has 0 aliphatic rings. The van der Waals surface area contributed by atoms with Crippen LogP contribution in [0.3, 0.4) is 0 Å². The zero-order valence-corrected chi connectivity index (χ0v) is 29.7. The van der Waals surface area contributed by atoms with Gasteiger partial charge >= 0.3 is 23.6 Å². The molecule has 270 valence electrons. The normalized spacial score (nSPS) is 11.9. The van der Waals surface area contributed by atoms with E-state index in [2.05, 4.69) is 9.97 Å². The first kappa shape index (κ1) is 37.7. The van der Waals surface area contributed by atoms with E-state index in [1.807, 2.05) is 0 Å². The van der Waals surface area contributed by atoms with Crippen molar-refractivity contribution in [2.75, 3.05) is 26.2 Å². The number of fused-ring (bicyclic) bond motifs is 2. The molecule has 0 saturated heterocycles. The SMILES string of the molecule is CC(C)(C)OC(=O)N(CCCCN(CCCn1c(=O)[nH]c2ccccc2c1=O)C(=O)OC(C)(C)C)CCCn1c(=O)[nH]c2ccccc2c1=O. The number of para-hydroxylation sites is 2. The van der Waals surface area contributed by atoms with E-state index >= 15 is 0 Å². The number of rotatable bonds is 13. The predicted octanol–water partition coefficient (Wildman–Crippen LogP) is 4.43. The molecule has 0 spiro atoms. The summed E-state index contributed by atoms with van der Waals surface area (Å²) in [6.45, 7) is 11.9. The molecule has 0 radical (unpaired) electrons. The molecular formula is C36H48N6O8. The first-order chi connectivity index (χ1) is 23.5. The Labute approximate surface area is 289 Å². The van der Waals surface area contributed by atoms with Crippen molar-refractivity contribution in [3.63, 3.8) is 0 Å². The second kappa shape index (κ2) is 16.0. The lowest BCUT2D eigenvalue weighted by Gasteiger charge is -2.29. The van der Waals surface area contributed by atoms with E-state index in [1.165, 1.54) is 0 Å². The summed E-state index contributed by atoms with van der Waals surface area (Å²) in [5, 5.41) is 0.809. The molecule has 2 amide bonds. The smallest absolute Gasteiger partial charge is 0.410 e. The molecule has 0 unspecified atom stereocenters. The number of carbonyl (C=O) groups excluding carboxylic acids is 2. The first-order valence-corrected chi connectivity index (χ1v) is 16.9. The largest absolute Gasteiger partial charge is 0.444 e. The Morgan fingerprint density at radius 2 is 0.920 bits per heavy atom. The Morgan fingerprint density at radius 3 is 1.28 bits per heavy atom. The topological polar surface area (TPSA) is 169 Å². The average molecular weight is 693 g/mol. The molecule has 14 nitrogen and oxygen atoms in total. The molecule has 2 aromatic heterocycles. The number of carbonyl (C=O) groups is 2. The lowest BCUT2D eigenvalue weighted by molar-refractivity contribution is 0.0205. The molecule has 0 bridgehead atoms. The van der Waals surface area contributed by atoms with Gasteiger partial charge in [0.1, 0.15) is 11.2 Å². The molecule has 0 aliphatic carbocycles. The van der Waals surface area contributed by atoms with E-state index in [-0.39, 0.29) is 26.2 Å². The lowest BCUT2D eigenvalue weighted by Crippen LogP contribution is -2.41. The van der Waals surface area contributed by atoms with Gasteiger partial charge in [-0.3, -0.25) is 18.7 Å². The maximum absolute atomic E-state index is 13.1. The first-order valence-electron chi connectivity index (χ1n) is 16.9. The maximum atomic E-state index is 13.1. The number of hydrogen-bond donors (Lipinski definition) is 2.